The fourth-order valence-corrected chi connectivity index (χ4v) is 3.63. The van der Waals surface area contributed by atoms with Crippen molar-refractivity contribution in [1.82, 2.24) is 0 Å². The summed E-state index contributed by atoms with van der Waals surface area (Å²) in [7, 11) is 1.50. The zero-order chi connectivity index (χ0) is 20.8. The van der Waals surface area contributed by atoms with Crippen LogP contribution in [-0.2, 0) is 4.79 Å². The number of nitrogens with zero attached hydrogens (tertiary/aromatic N) is 1. The van der Waals surface area contributed by atoms with Gasteiger partial charge in [0, 0.05) is 0 Å². The Balaban J connectivity index is 1.91. The van der Waals surface area contributed by atoms with E-state index in [1.807, 2.05) is 6.92 Å². The highest BCUT2D eigenvalue weighted by Crippen LogP contribution is 2.40. The van der Waals surface area contributed by atoms with Gasteiger partial charge in [-0.05, 0) is 54.6 Å². The maximum atomic E-state index is 12.9. The number of imide groups is 1. The predicted octanol–water partition coefficient (Wildman–Crippen LogP) is 4.90. The Hall–Kier alpha value is -3.19. The zero-order valence-corrected chi connectivity index (χ0v) is 17.0. The molecule has 3 rings (SSSR count). The Labute approximate surface area is 173 Å². The van der Waals surface area contributed by atoms with Crippen molar-refractivity contribution in [2.75, 3.05) is 25.2 Å². The fraction of sp³-hybridized carbons (Fsp3) is 0.182. The van der Waals surface area contributed by atoms with Gasteiger partial charge in [-0.1, -0.05) is 30.9 Å². The zero-order valence-electron chi connectivity index (χ0n) is 16.2. The molecule has 1 fully saturated rings. The van der Waals surface area contributed by atoms with Gasteiger partial charge in [0.25, 0.3) is 11.1 Å². The Morgan fingerprint density at radius 3 is 2.59 bits per heavy atom. The number of carbonyl (C=O) groups excluding carboxylic acids is 2. The minimum Gasteiger partial charge on any atom is -0.495 e. The van der Waals surface area contributed by atoms with Crippen molar-refractivity contribution in [2.24, 2.45) is 0 Å². The summed E-state index contributed by atoms with van der Waals surface area (Å²) >= 11 is 0.886. The largest absolute Gasteiger partial charge is 0.495 e. The van der Waals surface area contributed by atoms with Crippen molar-refractivity contribution in [3.8, 4) is 17.2 Å². The van der Waals surface area contributed by atoms with Gasteiger partial charge in [-0.15, -0.1) is 0 Å². The maximum absolute atomic E-state index is 12.9. The normalized spacial score (nSPS) is 15.0. The van der Waals surface area contributed by atoms with E-state index in [1.165, 1.54) is 7.11 Å². The van der Waals surface area contributed by atoms with Crippen LogP contribution in [0, 0.1) is 0 Å². The van der Waals surface area contributed by atoms with E-state index in [2.05, 4.69) is 6.58 Å². The van der Waals surface area contributed by atoms with Gasteiger partial charge < -0.3 is 14.2 Å². The lowest BCUT2D eigenvalue weighted by molar-refractivity contribution is -0.113. The summed E-state index contributed by atoms with van der Waals surface area (Å²) in [5, 5.41) is -0.373. The molecule has 0 aromatic heterocycles. The second-order valence-corrected chi connectivity index (χ2v) is 6.92. The summed E-state index contributed by atoms with van der Waals surface area (Å²) in [5.41, 5.74) is 1.15. The van der Waals surface area contributed by atoms with Crippen molar-refractivity contribution < 1.29 is 23.8 Å². The first-order chi connectivity index (χ1) is 14.1. The molecular formula is C22H21NO5S. The van der Waals surface area contributed by atoms with Gasteiger partial charge >= 0.3 is 0 Å². The number of ether oxygens (including phenoxy) is 3. The average molecular weight is 411 g/mol. The number of thioether (sulfide) groups is 1. The van der Waals surface area contributed by atoms with Crippen LogP contribution in [0.25, 0.3) is 6.08 Å². The molecule has 0 spiro atoms. The van der Waals surface area contributed by atoms with E-state index in [4.69, 9.17) is 14.2 Å². The highest BCUT2D eigenvalue weighted by Gasteiger charge is 2.37. The Morgan fingerprint density at radius 1 is 1.07 bits per heavy atom. The van der Waals surface area contributed by atoms with Crippen molar-refractivity contribution >= 4 is 34.7 Å². The van der Waals surface area contributed by atoms with Gasteiger partial charge in [-0.2, -0.15) is 0 Å². The molecule has 1 aliphatic heterocycles. The van der Waals surface area contributed by atoms with E-state index >= 15 is 0 Å². The van der Waals surface area contributed by atoms with Crippen LogP contribution in [0.2, 0.25) is 0 Å². The SMILES string of the molecule is C=CCOc1ccc(/C=C2/SC(=O)N(c3ccccc3OC)C2=O)cc1OCC. The molecule has 0 radical (unpaired) electrons. The van der Waals surface area contributed by atoms with Crippen LogP contribution >= 0.6 is 11.8 Å². The molecule has 2 aromatic rings. The molecule has 2 aromatic carbocycles. The summed E-state index contributed by atoms with van der Waals surface area (Å²) in [6, 6.07) is 12.3. The quantitative estimate of drug-likeness (QED) is 0.455. The predicted molar refractivity (Wildman–Crippen MR) is 115 cm³/mol. The first kappa shape index (κ1) is 20.5. The fourth-order valence-electron chi connectivity index (χ4n) is 2.79. The molecular weight excluding hydrogens is 390 g/mol. The molecule has 150 valence electrons. The summed E-state index contributed by atoms with van der Waals surface area (Å²) < 4.78 is 16.5. The standard InChI is InChI=1S/C22H21NO5S/c1-4-12-28-18-11-10-15(13-19(18)27-5-2)14-20-21(24)23(22(25)29-20)16-8-6-7-9-17(16)26-3/h4,6-11,13-14H,1,5,12H2,2-3H3/b20-14+. The number of para-hydroxylation sites is 2. The van der Waals surface area contributed by atoms with Crippen molar-refractivity contribution in [2.45, 2.75) is 6.92 Å². The van der Waals surface area contributed by atoms with Crippen LogP contribution in [0.3, 0.4) is 0 Å². The molecule has 2 amide bonds. The van der Waals surface area contributed by atoms with E-state index in [0.29, 0.717) is 41.1 Å². The molecule has 7 heteroatoms. The van der Waals surface area contributed by atoms with Crippen LogP contribution in [0.1, 0.15) is 12.5 Å². The number of anilines is 1. The van der Waals surface area contributed by atoms with Gasteiger partial charge in [-0.25, -0.2) is 4.90 Å². The van der Waals surface area contributed by atoms with Crippen LogP contribution in [-0.4, -0.2) is 31.5 Å². The van der Waals surface area contributed by atoms with Crippen molar-refractivity contribution in [1.29, 1.82) is 0 Å². The average Bonchev–Trinajstić information content (AvgIpc) is 3.00. The number of rotatable bonds is 8. The number of benzene rings is 2. The van der Waals surface area contributed by atoms with Gasteiger partial charge in [0.1, 0.15) is 12.4 Å². The number of carbonyl (C=O) groups is 2. The molecule has 0 saturated carbocycles. The third-order valence-electron chi connectivity index (χ3n) is 4.04. The van der Waals surface area contributed by atoms with Gasteiger partial charge in [0.05, 0.1) is 24.3 Å². The van der Waals surface area contributed by atoms with E-state index < -0.39 is 5.91 Å². The van der Waals surface area contributed by atoms with Crippen LogP contribution < -0.4 is 19.1 Å². The van der Waals surface area contributed by atoms with E-state index in [-0.39, 0.29) is 5.24 Å². The first-order valence-electron chi connectivity index (χ1n) is 9.00. The molecule has 6 nitrogen and oxygen atoms in total. The summed E-state index contributed by atoms with van der Waals surface area (Å²) in [6.07, 6.45) is 3.32. The molecule has 0 unspecified atom stereocenters. The molecule has 29 heavy (non-hydrogen) atoms. The number of hydrogen-bond acceptors (Lipinski definition) is 6. The Kier molecular flexibility index (Phi) is 6.61. The number of methoxy groups -OCH3 is 1. The molecule has 1 saturated heterocycles. The number of amides is 2. The highest BCUT2D eigenvalue weighted by molar-refractivity contribution is 8.19. The summed E-state index contributed by atoms with van der Waals surface area (Å²) in [5.74, 6) is 1.21. The topological polar surface area (TPSA) is 65.1 Å². The van der Waals surface area contributed by atoms with Crippen molar-refractivity contribution in [3.05, 3.63) is 65.6 Å². The molecule has 0 atom stereocenters. The van der Waals surface area contributed by atoms with Gasteiger partial charge in [-0.3, -0.25) is 9.59 Å². The smallest absolute Gasteiger partial charge is 0.298 e. The highest BCUT2D eigenvalue weighted by atomic mass is 32.2. The second-order valence-electron chi connectivity index (χ2n) is 5.93. The third kappa shape index (κ3) is 4.46. The molecule has 0 aliphatic carbocycles. The van der Waals surface area contributed by atoms with Crippen LogP contribution in [0.4, 0.5) is 10.5 Å². The Bertz CT molecular complexity index is 969. The van der Waals surface area contributed by atoms with Gasteiger partial charge in [0.2, 0.25) is 0 Å². The first-order valence-corrected chi connectivity index (χ1v) is 9.82. The monoisotopic (exact) mass is 411 g/mol. The summed E-state index contributed by atoms with van der Waals surface area (Å²) in [4.78, 5) is 26.9. The second kappa shape index (κ2) is 9.34. The van der Waals surface area contributed by atoms with E-state index in [9.17, 15) is 9.59 Å². The van der Waals surface area contributed by atoms with Crippen LogP contribution in [0.15, 0.2) is 60.0 Å². The lowest BCUT2D eigenvalue weighted by Gasteiger charge is -2.15. The maximum Gasteiger partial charge on any atom is 0.298 e. The molecule has 0 bridgehead atoms. The summed E-state index contributed by atoms with van der Waals surface area (Å²) in [6.45, 7) is 6.34. The molecule has 1 aliphatic rings. The van der Waals surface area contributed by atoms with Gasteiger partial charge in [0.15, 0.2) is 11.5 Å². The lowest BCUT2D eigenvalue weighted by atomic mass is 10.1. The molecule has 1 heterocycles. The van der Waals surface area contributed by atoms with E-state index in [1.54, 1.807) is 54.6 Å². The number of hydrogen-bond donors (Lipinski definition) is 0. The lowest BCUT2D eigenvalue weighted by Crippen LogP contribution is -2.28. The minimum atomic E-state index is -0.394. The minimum absolute atomic E-state index is 0.322. The van der Waals surface area contributed by atoms with Crippen LogP contribution in [0.5, 0.6) is 17.2 Å². The van der Waals surface area contributed by atoms with Crippen molar-refractivity contribution in [3.63, 3.8) is 0 Å². The third-order valence-corrected chi connectivity index (χ3v) is 4.91. The van der Waals surface area contributed by atoms with E-state index in [0.717, 1.165) is 22.2 Å². The molecule has 0 N–H and O–H groups in total. The Morgan fingerprint density at radius 2 is 1.86 bits per heavy atom.